The molecule has 4 heterocycles. The highest BCUT2D eigenvalue weighted by Crippen LogP contribution is 2.40. The number of aliphatic imine (C=N–C) groups is 1. The summed E-state index contributed by atoms with van der Waals surface area (Å²) in [6, 6.07) is 4.42. The smallest absolute Gasteiger partial charge is 0.155 e. The van der Waals surface area contributed by atoms with Crippen molar-refractivity contribution in [2.45, 2.75) is 33.6 Å². The number of hydrogen-bond acceptors (Lipinski definition) is 3. The number of pyridine rings is 2. The van der Waals surface area contributed by atoms with Gasteiger partial charge in [-0.25, -0.2) is 15.0 Å². The Kier molecular flexibility index (Phi) is 3.08. The van der Waals surface area contributed by atoms with Crippen LogP contribution in [0.5, 0.6) is 0 Å². The first-order chi connectivity index (χ1) is 11.0. The van der Waals surface area contributed by atoms with Crippen LogP contribution < -0.4 is 0 Å². The molecule has 1 atom stereocenters. The van der Waals surface area contributed by atoms with E-state index in [9.17, 15) is 0 Å². The van der Waals surface area contributed by atoms with Crippen LogP contribution in [0.4, 0.5) is 5.82 Å². The Morgan fingerprint density at radius 1 is 1.09 bits per heavy atom. The summed E-state index contributed by atoms with van der Waals surface area (Å²) in [6.45, 7) is 8.65. The number of H-pyrrole nitrogens is 1. The second-order valence-electron chi connectivity index (χ2n) is 6.72. The molecule has 4 rings (SSSR count). The molecule has 4 nitrogen and oxygen atoms in total. The molecule has 0 fully saturated rings. The van der Waals surface area contributed by atoms with Gasteiger partial charge in [0.05, 0.1) is 0 Å². The van der Waals surface area contributed by atoms with Crippen molar-refractivity contribution in [3.05, 3.63) is 41.9 Å². The van der Waals surface area contributed by atoms with Crippen LogP contribution in [0.25, 0.3) is 22.2 Å². The molecule has 4 heteroatoms. The van der Waals surface area contributed by atoms with Crippen LogP contribution >= 0.6 is 0 Å². The number of aromatic amines is 1. The molecule has 0 saturated heterocycles. The lowest BCUT2D eigenvalue weighted by atomic mass is 9.86. The highest BCUT2D eigenvalue weighted by Gasteiger charge is 2.28. The number of aromatic nitrogens is 3. The summed E-state index contributed by atoms with van der Waals surface area (Å²) in [4.78, 5) is 17.0. The first-order valence-corrected chi connectivity index (χ1v) is 8.04. The van der Waals surface area contributed by atoms with E-state index in [0.29, 0.717) is 11.8 Å². The molecule has 0 aromatic carbocycles. The quantitative estimate of drug-likeness (QED) is 0.740. The fourth-order valence-electron chi connectivity index (χ4n) is 3.59. The van der Waals surface area contributed by atoms with Crippen LogP contribution in [-0.2, 0) is 0 Å². The van der Waals surface area contributed by atoms with Gasteiger partial charge in [0.2, 0.25) is 0 Å². The van der Waals surface area contributed by atoms with Crippen molar-refractivity contribution in [1.29, 1.82) is 0 Å². The fraction of sp³-hybridized carbons (Fsp3) is 0.316. The van der Waals surface area contributed by atoms with Gasteiger partial charge >= 0.3 is 0 Å². The monoisotopic (exact) mass is 304 g/mol. The second kappa shape index (κ2) is 5.01. The van der Waals surface area contributed by atoms with Gasteiger partial charge < -0.3 is 4.98 Å². The van der Waals surface area contributed by atoms with E-state index >= 15 is 0 Å². The van der Waals surface area contributed by atoms with Crippen LogP contribution in [0.3, 0.4) is 0 Å². The molecule has 1 aliphatic heterocycles. The van der Waals surface area contributed by atoms with Gasteiger partial charge in [-0.2, -0.15) is 0 Å². The first-order valence-electron chi connectivity index (χ1n) is 8.04. The minimum Gasteiger partial charge on any atom is -0.346 e. The van der Waals surface area contributed by atoms with Crippen LogP contribution in [0, 0.1) is 12.8 Å². The zero-order valence-electron chi connectivity index (χ0n) is 13.9. The van der Waals surface area contributed by atoms with Gasteiger partial charge in [0.15, 0.2) is 5.82 Å². The van der Waals surface area contributed by atoms with Crippen LogP contribution in [0.15, 0.2) is 35.7 Å². The van der Waals surface area contributed by atoms with E-state index in [-0.39, 0.29) is 0 Å². The van der Waals surface area contributed by atoms with Gasteiger partial charge in [0.1, 0.15) is 5.65 Å². The lowest BCUT2D eigenvalue weighted by molar-refractivity contribution is 0.608. The van der Waals surface area contributed by atoms with Crippen molar-refractivity contribution in [1.82, 2.24) is 15.0 Å². The number of fused-ring (bicyclic) bond motifs is 2. The Morgan fingerprint density at radius 2 is 1.91 bits per heavy atom. The van der Waals surface area contributed by atoms with Crippen molar-refractivity contribution < 1.29 is 0 Å². The zero-order chi connectivity index (χ0) is 16.1. The molecule has 0 spiro atoms. The molecule has 0 bridgehead atoms. The molecular formula is C19H20N4. The maximum Gasteiger partial charge on any atom is 0.155 e. The van der Waals surface area contributed by atoms with E-state index in [1.54, 1.807) is 0 Å². The molecule has 0 amide bonds. The van der Waals surface area contributed by atoms with Crippen molar-refractivity contribution in [3.63, 3.8) is 0 Å². The van der Waals surface area contributed by atoms with E-state index in [0.717, 1.165) is 39.3 Å². The number of hydrogen-bond donors (Lipinski definition) is 1. The van der Waals surface area contributed by atoms with Gasteiger partial charge in [-0.3, -0.25) is 0 Å². The van der Waals surface area contributed by atoms with E-state index in [4.69, 9.17) is 0 Å². The predicted molar refractivity (Wildman–Crippen MR) is 94.4 cm³/mol. The maximum absolute atomic E-state index is 4.64. The Hall–Kier alpha value is -2.49. The van der Waals surface area contributed by atoms with E-state index in [2.05, 4.69) is 59.8 Å². The fourth-order valence-corrected chi connectivity index (χ4v) is 3.59. The van der Waals surface area contributed by atoms with Gasteiger partial charge in [-0.05, 0) is 37.5 Å². The maximum atomic E-state index is 4.64. The summed E-state index contributed by atoms with van der Waals surface area (Å²) in [6.07, 6.45) is 5.83. The average molecular weight is 304 g/mol. The van der Waals surface area contributed by atoms with Crippen LogP contribution in [0.1, 0.15) is 37.8 Å². The Labute approximate surface area is 135 Å². The number of aryl methyl sites for hydroxylation is 1. The summed E-state index contributed by atoms with van der Waals surface area (Å²) in [7, 11) is 0. The number of rotatable bonds is 2. The molecule has 1 unspecified atom stereocenters. The molecule has 0 aliphatic carbocycles. The topological polar surface area (TPSA) is 53.9 Å². The molecule has 116 valence electrons. The van der Waals surface area contributed by atoms with Gasteiger partial charge in [0.25, 0.3) is 0 Å². The SMILES string of the molecule is CC1=Nc2ncc(-c3c[nH]c4ncc(C)cc34)cc2C1C(C)C. The van der Waals surface area contributed by atoms with Crippen molar-refractivity contribution >= 4 is 22.6 Å². The third kappa shape index (κ3) is 2.17. The summed E-state index contributed by atoms with van der Waals surface area (Å²) >= 11 is 0. The molecule has 1 aliphatic rings. The third-order valence-corrected chi connectivity index (χ3v) is 4.61. The molecule has 23 heavy (non-hydrogen) atoms. The summed E-state index contributed by atoms with van der Waals surface area (Å²) in [5, 5.41) is 1.14. The Bertz CT molecular complexity index is 934. The summed E-state index contributed by atoms with van der Waals surface area (Å²) in [5.41, 5.74) is 6.75. The van der Waals surface area contributed by atoms with Crippen LogP contribution in [0.2, 0.25) is 0 Å². The first kappa shape index (κ1) is 14.1. The standard InChI is InChI=1S/C19H20N4/c1-10(2)17-12(4)23-19-15(17)6-13(8-21-19)16-9-22-18-14(16)5-11(3)7-20-18/h5-10,17H,1-4H3,(H,20,22). The van der Waals surface area contributed by atoms with Gasteiger partial charge in [-0.1, -0.05) is 13.8 Å². The zero-order valence-corrected chi connectivity index (χ0v) is 13.9. The highest BCUT2D eigenvalue weighted by atomic mass is 14.9. The van der Waals surface area contributed by atoms with Gasteiger partial charge in [0, 0.05) is 52.3 Å². The lowest BCUT2D eigenvalue weighted by Gasteiger charge is -2.16. The van der Waals surface area contributed by atoms with Crippen LogP contribution in [-0.4, -0.2) is 20.7 Å². The molecule has 3 aromatic heterocycles. The molecule has 1 N–H and O–H groups in total. The van der Waals surface area contributed by atoms with E-state index in [1.165, 1.54) is 5.56 Å². The second-order valence-corrected chi connectivity index (χ2v) is 6.72. The predicted octanol–water partition coefficient (Wildman–Crippen LogP) is 4.78. The third-order valence-electron chi connectivity index (χ3n) is 4.61. The largest absolute Gasteiger partial charge is 0.346 e. The van der Waals surface area contributed by atoms with Crippen molar-refractivity contribution in [2.24, 2.45) is 10.9 Å². The van der Waals surface area contributed by atoms with Crippen molar-refractivity contribution in [2.75, 3.05) is 0 Å². The van der Waals surface area contributed by atoms with Gasteiger partial charge in [-0.15, -0.1) is 0 Å². The summed E-state index contributed by atoms with van der Waals surface area (Å²) < 4.78 is 0. The Balaban J connectivity index is 1.87. The lowest BCUT2D eigenvalue weighted by Crippen LogP contribution is -2.11. The molecule has 0 radical (unpaired) electrons. The minimum absolute atomic E-state index is 0.363. The highest BCUT2D eigenvalue weighted by molar-refractivity contribution is 5.98. The average Bonchev–Trinajstić information content (AvgIpc) is 3.05. The number of nitrogens with one attached hydrogen (secondary N) is 1. The molecular weight excluding hydrogens is 284 g/mol. The summed E-state index contributed by atoms with van der Waals surface area (Å²) in [5.74, 6) is 1.76. The molecule has 0 saturated carbocycles. The molecule has 3 aromatic rings. The van der Waals surface area contributed by atoms with Crippen molar-refractivity contribution in [3.8, 4) is 11.1 Å². The van der Waals surface area contributed by atoms with E-state index < -0.39 is 0 Å². The minimum atomic E-state index is 0.363. The van der Waals surface area contributed by atoms with E-state index in [1.807, 2.05) is 18.6 Å². The Morgan fingerprint density at radius 3 is 2.70 bits per heavy atom. The number of nitrogens with zero attached hydrogens (tertiary/aromatic N) is 3. The normalized spacial score (nSPS) is 16.9.